The largest absolute Gasteiger partial charge is 0.480 e. The van der Waals surface area contributed by atoms with Crippen molar-refractivity contribution < 1.29 is 23.9 Å². The van der Waals surface area contributed by atoms with Crippen LogP contribution in [0.1, 0.15) is 22.8 Å². The van der Waals surface area contributed by atoms with Crippen LogP contribution in [0.4, 0.5) is 10.1 Å². The Hall–Kier alpha value is -3.22. The Bertz CT molecular complexity index is 790. The first-order valence-electron chi connectivity index (χ1n) is 7.51. The molecule has 0 aliphatic carbocycles. The molecule has 0 aliphatic rings. The molecule has 0 fully saturated rings. The van der Waals surface area contributed by atoms with Gasteiger partial charge in [-0.25, -0.2) is 9.18 Å². The van der Waals surface area contributed by atoms with E-state index in [4.69, 9.17) is 0 Å². The number of anilines is 1. The number of carboxylic acid groups (broad SMARTS) is 1. The summed E-state index contributed by atoms with van der Waals surface area (Å²) in [5.41, 5.74) is 0.954. The predicted octanol–water partition coefficient (Wildman–Crippen LogP) is 2.21. The van der Waals surface area contributed by atoms with Crippen molar-refractivity contribution in [3.63, 3.8) is 0 Å². The van der Waals surface area contributed by atoms with Crippen LogP contribution >= 0.6 is 0 Å². The van der Waals surface area contributed by atoms with E-state index in [-0.39, 0.29) is 23.5 Å². The number of aliphatic carboxylic acids is 1. The van der Waals surface area contributed by atoms with Gasteiger partial charge >= 0.3 is 5.97 Å². The zero-order valence-electron chi connectivity index (χ0n) is 13.5. The fourth-order valence-electron chi connectivity index (χ4n) is 2.23. The summed E-state index contributed by atoms with van der Waals surface area (Å²) in [6.07, 6.45) is -0.169. The van der Waals surface area contributed by atoms with Crippen LogP contribution in [0.5, 0.6) is 0 Å². The van der Waals surface area contributed by atoms with Crippen molar-refractivity contribution in [2.24, 2.45) is 0 Å². The highest BCUT2D eigenvalue weighted by molar-refractivity contribution is 5.97. The van der Waals surface area contributed by atoms with Crippen molar-refractivity contribution in [2.75, 3.05) is 5.32 Å². The van der Waals surface area contributed by atoms with Crippen LogP contribution in [0.3, 0.4) is 0 Å². The lowest BCUT2D eigenvalue weighted by Gasteiger charge is -2.15. The topological polar surface area (TPSA) is 95.5 Å². The molecule has 7 heteroatoms. The van der Waals surface area contributed by atoms with Crippen LogP contribution in [0.2, 0.25) is 0 Å². The van der Waals surface area contributed by atoms with Gasteiger partial charge in [0.05, 0.1) is 0 Å². The molecule has 2 aromatic carbocycles. The molecule has 1 atom stereocenters. The van der Waals surface area contributed by atoms with Gasteiger partial charge in [-0.3, -0.25) is 9.59 Å². The zero-order chi connectivity index (χ0) is 18.4. The summed E-state index contributed by atoms with van der Waals surface area (Å²) in [5, 5.41) is 14.2. The number of hydrogen-bond acceptors (Lipinski definition) is 3. The number of rotatable bonds is 6. The molecule has 0 aliphatic heterocycles. The molecule has 2 aromatic rings. The van der Waals surface area contributed by atoms with Crippen LogP contribution in [0, 0.1) is 5.82 Å². The van der Waals surface area contributed by atoms with Gasteiger partial charge in [-0.2, -0.15) is 0 Å². The molecule has 130 valence electrons. The monoisotopic (exact) mass is 344 g/mol. The molecular formula is C18H17FN2O4. The number of nitrogens with one attached hydrogen (secondary N) is 2. The Morgan fingerprint density at radius 2 is 1.72 bits per heavy atom. The second kappa shape index (κ2) is 8.05. The van der Waals surface area contributed by atoms with Crippen LogP contribution in [0.25, 0.3) is 0 Å². The minimum absolute atomic E-state index is 0.169. The van der Waals surface area contributed by atoms with E-state index in [2.05, 4.69) is 10.6 Å². The van der Waals surface area contributed by atoms with Gasteiger partial charge in [0.1, 0.15) is 11.9 Å². The number of halogens is 1. The van der Waals surface area contributed by atoms with Crippen LogP contribution in [0.15, 0.2) is 48.5 Å². The fourth-order valence-corrected chi connectivity index (χ4v) is 2.23. The normalized spacial score (nSPS) is 11.4. The molecular weight excluding hydrogens is 327 g/mol. The molecule has 0 bridgehead atoms. The quantitative estimate of drug-likeness (QED) is 0.749. The number of carbonyl (C=O) groups excluding carboxylic acids is 2. The van der Waals surface area contributed by atoms with Crippen LogP contribution in [-0.2, 0) is 16.0 Å². The summed E-state index contributed by atoms with van der Waals surface area (Å²) < 4.78 is 13.7. The van der Waals surface area contributed by atoms with Gasteiger partial charge in [-0.1, -0.05) is 18.2 Å². The van der Waals surface area contributed by atoms with Gasteiger partial charge in [-0.15, -0.1) is 0 Å². The molecule has 0 unspecified atom stereocenters. The maximum atomic E-state index is 13.7. The summed E-state index contributed by atoms with van der Waals surface area (Å²) in [6, 6.07) is 10.5. The molecule has 0 radical (unpaired) electrons. The van der Waals surface area contributed by atoms with E-state index in [0.717, 1.165) is 0 Å². The van der Waals surface area contributed by atoms with Gasteiger partial charge in [0.15, 0.2) is 0 Å². The highest BCUT2D eigenvalue weighted by atomic mass is 19.1. The SMILES string of the molecule is CC(=O)Nc1ccc(C(=O)N[C@H](Cc2ccccc2F)C(=O)O)cc1. The van der Waals surface area contributed by atoms with Gasteiger partial charge in [0.2, 0.25) is 5.91 Å². The van der Waals surface area contributed by atoms with E-state index in [1.807, 2.05) is 0 Å². The Morgan fingerprint density at radius 1 is 1.08 bits per heavy atom. The molecule has 0 aromatic heterocycles. The lowest BCUT2D eigenvalue weighted by atomic mass is 10.0. The van der Waals surface area contributed by atoms with Gasteiger partial charge < -0.3 is 15.7 Å². The highest BCUT2D eigenvalue weighted by Crippen LogP contribution is 2.12. The van der Waals surface area contributed by atoms with Crippen LogP contribution in [-0.4, -0.2) is 28.9 Å². The third-order valence-electron chi connectivity index (χ3n) is 3.45. The van der Waals surface area contributed by atoms with Gasteiger partial charge in [-0.05, 0) is 35.9 Å². The number of amides is 2. The lowest BCUT2D eigenvalue weighted by Crippen LogP contribution is -2.42. The first-order valence-corrected chi connectivity index (χ1v) is 7.51. The van der Waals surface area contributed by atoms with Crippen molar-refractivity contribution >= 4 is 23.5 Å². The molecule has 2 amide bonds. The van der Waals surface area contributed by atoms with E-state index in [1.54, 1.807) is 6.07 Å². The Labute approximate surface area is 143 Å². The first kappa shape index (κ1) is 18.1. The number of carboxylic acids is 1. The molecule has 0 spiro atoms. The van der Waals surface area contributed by atoms with Crippen molar-refractivity contribution in [2.45, 2.75) is 19.4 Å². The first-order chi connectivity index (χ1) is 11.9. The standard InChI is InChI=1S/C18H17FN2O4/c1-11(22)20-14-8-6-12(7-9-14)17(23)21-16(18(24)25)10-13-4-2-3-5-15(13)19/h2-9,16H,10H2,1H3,(H,20,22)(H,21,23)(H,24,25)/t16-/m1/s1. The number of carbonyl (C=O) groups is 3. The zero-order valence-corrected chi connectivity index (χ0v) is 13.5. The van der Waals surface area contributed by atoms with Crippen molar-refractivity contribution in [3.05, 3.63) is 65.5 Å². The van der Waals surface area contributed by atoms with Crippen LogP contribution < -0.4 is 10.6 Å². The summed E-state index contributed by atoms with van der Waals surface area (Å²) in [5.74, 6) is -2.62. The summed E-state index contributed by atoms with van der Waals surface area (Å²) >= 11 is 0. The smallest absolute Gasteiger partial charge is 0.326 e. The van der Waals surface area contributed by atoms with E-state index in [1.165, 1.54) is 49.4 Å². The second-order valence-electron chi connectivity index (χ2n) is 5.42. The fraction of sp³-hybridized carbons (Fsp3) is 0.167. The van der Waals surface area contributed by atoms with Gasteiger partial charge in [0, 0.05) is 24.6 Å². The van der Waals surface area contributed by atoms with E-state index < -0.39 is 23.7 Å². The average molecular weight is 344 g/mol. The minimum Gasteiger partial charge on any atom is -0.480 e. The molecule has 0 heterocycles. The molecule has 0 saturated carbocycles. The summed E-state index contributed by atoms with van der Waals surface area (Å²) in [7, 11) is 0. The molecule has 3 N–H and O–H groups in total. The summed E-state index contributed by atoms with van der Waals surface area (Å²) in [4.78, 5) is 34.6. The second-order valence-corrected chi connectivity index (χ2v) is 5.42. The number of benzene rings is 2. The Morgan fingerprint density at radius 3 is 2.28 bits per heavy atom. The third-order valence-corrected chi connectivity index (χ3v) is 3.45. The molecule has 2 rings (SSSR count). The van der Waals surface area contributed by atoms with Gasteiger partial charge in [0.25, 0.3) is 5.91 Å². The summed E-state index contributed by atoms with van der Waals surface area (Å²) in [6.45, 7) is 1.36. The highest BCUT2D eigenvalue weighted by Gasteiger charge is 2.22. The maximum absolute atomic E-state index is 13.7. The van der Waals surface area contributed by atoms with E-state index in [9.17, 15) is 23.9 Å². The predicted molar refractivity (Wildman–Crippen MR) is 89.7 cm³/mol. The molecule has 6 nitrogen and oxygen atoms in total. The van der Waals surface area contributed by atoms with Crippen molar-refractivity contribution in [1.29, 1.82) is 0 Å². The van der Waals surface area contributed by atoms with E-state index in [0.29, 0.717) is 5.69 Å². The Balaban J connectivity index is 2.08. The number of hydrogen-bond donors (Lipinski definition) is 3. The third kappa shape index (κ3) is 5.13. The van der Waals surface area contributed by atoms with E-state index >= 15 is 0 Å². The minimum atomic E-state index is -1.26. The lowest BCUT2D eigenvalue weighted by molar-refractivity contribution is -0.139. The molecule has 25 heavy (non-hydrogen) atoms. The molecule has 0 saturated heterocycles. The average Bonchev–Trinajstić information content (AvgIpc) is 2.56. The van der Waals surface area contributed by atoms with Crippen molar-refractivity contribution in [3.8, 4) is 0 Å². The Kier molecular flexibility index (Phi) is 5.84. The van der Waals surface area contributed by atoms with Crippen molar-refractivity contribution in [1.82, 2.24) is 5.32 Å². The maximum Gasteiger partial charge on any atom is 0.326 e.